The van der Waals surface area contributed by atoms with Gasteiger partial charge in [-0.15, -0.1) is 0 Å². The van der Waals surface area contributed by atoms with E-state index in [4.69, 9.17) is 9.84 Å². The predicted octanol–water partition coefficient (Wildman–Crippen LogP) is 2.95. The molecule has 0 saturated heterocycles. The van der Waals surface area contributed by atoms with Crippen LogP contribution in [-0.4, -0.2) is 11.1 Å². The Balaban J connectivity index is 1.72. The van der Waals surface area contributed by atoms with Gasteiger partial charge in [-0.1, -0.05) is 12.1 Å². The fourth-order valence-corrected chi connectivity index (χ4v) is 2.01. The number of anilines is 2. The summed E-state index contributed by atoms with van der Waals surface area (Å²) in [7, 11) is 0. The predicted molar refractivity (Wildman–Crippen MR) is 71.8 cm³/mol. The fraction of sp³-hybridized carbons (Fsp3) is 0.133. The number of carbonyl (C=O) groups is 1. The second-order valence-corrected chi connectivity index (χ2v) is 4.50. The van der Waals surface area contributed by atoms with Crippen molar-refractivity contribution in [2.45, 2.75) is 13.0 Å². The molecular formula is C15H13NO3. The van der Waals surface area contributed by atoms with Gasteiger partial charge in [0.1, 0.15) is 12.4 Å². The number of hydrogen-bond donors (Lipinski definition) is 2. The van der Waals surface area contributed by atoms with Crippen LogP contribution in [0.2, 0.25) is 0 Å². The lowest BCUT2D eigenvalue weighted by Gasteiger charge is -2.21. The molecule has 3 rings (SSSR count). The molecule has 0 fully saturated rings. The van der Waals surface area contributed by atoms with E-state index in [0.717, 1.165) is 22.7 Å². The smallest absolute Gasteiger partial charge is 0.307 e. The van der Waals surface area contributed by atoms with Gasteiger partial charge in [-0.25, -0.2) is 0 Å². The zero-order valence-electron chi connectivity index (χ0n) is 10.2. The average Bonchev–Trinajstić information content (AvgIpc) is 2.35. The summed E-state index contributed by atoms with van der Waals surface area (Å²) in [5.41, 5.74) is 3.90. The molecule has 0 saturated carbocycles. The van der Waals surface area contributed by atoms with Crippen LogP contribution < -0.4 is 10.1 Å². The molecule has 2 N–H and O–H groups in total. The topological polar surface area (TPSA) is 58.6 Å². The van der Waals surface area contributed by atoms with Gasteiger partial charge in [0, 0.05) is 23.0 Å². The summed E-state index contributed by atoms with van der Waals surface area (Å²) >= 11 is 0. The van der Waals surface area contributed by atoms with Gasteiger partial charge in [0.05, 0.1) is 6.42 Å². The van der Waals surface area contributed by atoms with E-state index in [1.807, 2.05) is 42.5 Å². The summed E-state index contributed by atoms with van der Waals surface area (Å²) < 4.78 is 5.31. The third kappa shape index (κ3) is 2.52. The number of hydrogen-bond acceptors (Lipinski definition) is 3. The Kier molecular flexibility index (Phi) is 2.83. The molecular weight excluding hydrogens is 242 g/mol. The summed E-state index contributed by atoms with van der Waals surface area (Å²) in [6, 6.07) is 13.4. The number of aliphatic carboxylic acids is 1. The molecule has 0 bridgehead atoms. The highest BCUT2D eigenvalue weighted by molar-refractivity contribution is 5.71. The Labute approximate surface area is 110 Å². The molecule has 1 aliphatic heterocycles. The van der Waals surface area contributed by atoms with Crippen molar-refractivity contribution in [3.8, 4) is 5.75 Å². The summed E-state index contributed by atoms with van der Waals surface area (Å²) in [5.74, 6) is 0.104. The Morgan fingerprint density at radius 1 is 1.16 bits per heavy atom. The Bertz CT molecular complexity index is 620. The minimum absolute atomic E-state index is 0.0486. The van der Waals surface area contributed by atoms with Gasteiger partial charge in [0.15, 0.2) is 0 Å². The van der Waals surface area contributed by atoms with Gasteiger partial charge >= 0.3 is 5.97 Å². The number of nitrogens with one attached hydrogen (secondary N) is 1. The Hall–Kier alpha value is -2.49. The Morgan fingerprint density at radius 3 is 2.47 bits per heavy atom. The number of carboxylic acid groups (broad SMARTS) is 1. The van der Waals surface area contributed by atoms with E-state index >= 15 is 0 Å². The molecule has 0 aromatic heterocycles. The van der Waals surface area contributed by atoms with E-state index in [1.165, 1.54) is 5.56 Å². The standard InChI is InChI=1S/C15H13NO3/c17-15(18)7-10-1-4-12(5-2-10)16-13-6-3-11-9-19-14(11)8-13/h1-6,8,16H,7,9H2,(H,17,18). The molecule has 0 radical (unpaired) electrons. The maximum Gasteiger partial charge on any atom is 0.307 e. The van der Waals surface area contributed by atoms with Crippen LogP contribution in [0.4, 0.5) is 11.4 Å². The highest BCUT2D eigenvalue weighted by atomic mass is 16.5. The average molecular weight is 255 g/mol. The molecule has 1 aliphatic rings. The van der Waals surface area contributed by atoms with Gasteiger partial charge < -0.3 is 15.2 Å². The third-order valence-electron chi connectivity index (χ3n) is 3.05. The largest absolute Gasteiger partial charge is 0.488 e. The molecule has 1 heterocycles. The van der Waals surface area contributed by atoms with Crippen molar-refractivity contribution in [3.05, 3.63) is 53.6 Å². The molecule has 4 nitrogen and oxygen atoms in total. The first-order valence-electron chi connectivity index (χ1n) is 6.04. The van der Waals surface area contributed by atoms with Gasteiger partial charge in [0.25, 0.3) is 0 Å². The molecule has 0 aliphatic carbocycles. The van der Waals surface area contributed by atoms with Crippen LogP contribution in [0.1, 0.15) is 11.1 Å². The number of benzene rings is 2. The van der Waals surface area contributed by atoms with Crippen LogP contribution in [0.15, 0.2) is 42.5 Å². The molecule has 0 atom stereocenters. The maximum absolute atomic E-state index is 10.6. The highest BCUT2D eigenvalue weighted by Gasteiger charge is 2.14. The zero-order chi connectivity index (χ0) is 13.2. The maximum atomic E-state index is 10.6. The van der Waals surface area contributed by atoms with E-state index in [1.54, 1.807) is 0 Å². The van der Waals surface area contributed by atoms with Crippen LogP contribution in [0, 0.1) is 0 Å². The van der Waals surface area contributed by atoms with Crippen molar-refractivity contribution in [1.29, 1.82) is 0 Å². The first kappa shape index (κ1) is 11.6. The van der Waals surface area contributed by atoms with E-state index in [9.17, 15) is 4.79 Å². The second kappa shape index (κ2) is 4.65. The summed E-state index contributed by atoms with van der Waals surface area (Å²) in [5, 5.41) is 12.0. The van der Waals surface area contributed by atoms with Gasteiger partial charge in [-0.05, 0) is 29.8 Å². The van der Waals surface area contributed by atoms with Gasteiger partial charge in [-0.2, -0.15) is 0 Å². The van der Waals surface area contributed by atoms with Crippen molar-refractivity contribution in [2.75, 3.05) is 5.32 Å². The van der Waals surface area contributed by atoms with Crippen LogP contribution in [0.3, 0.4) is 0 Å². The molecule has 0 unspecified atom stereocenters. The first-order valence-corrected chi connectivity index (χ1v) is 6.04. The number of fused-ring (bicyclic) bond motifs is 1. The monoisotopic (exact) mass is 255 g/mol. The second-order valence-electron chi connectivity index (χ2n) is 4.50. The normalized spacial score (nSPS) is 12.0. The van der Waals surface area contributed by atoms with Crippen LogP contribution in [-0.2, 0) is 17.8 Å². The summed E-state index contributed by atoms with van der Waals surface area (Å²) in [6.45, 7) is 0.694. The molecule has 96 valence electrons. The van der Waals surface area contributed by atoms with Crippen LogP contribution in [0.25, 0.3) is 0 Å². The van der Waals surface area contributed by atoms with E-state index in [2.05, 4.69) is 5.32 Å². The van der Waals surface area contributed by atoms with Crippen LogP contribution >= 0.6 is 0 Å². The highest BCUT2D eigenvalue weighted by Crippen LogP contribution is 2.32. The minimum atomic E-state index is -0.819. The molecule has 0 amide bonds. The molecule has 4 heteroatoms. The lowest BCUT2D eigenvalue weighted by molar-refractivity contribution is -0.136. The van der Waals surface area contributed by atoms with Gasteiger partial charge in [0.2, 0.25) is 0 Å². The molecule has 0 spiro atoms. The summed E-state index contributed by atoms with van der Waals surface area (Å²) in [6.07, 6.45) is 0.0486. The van der Waals surface area contributed by atoms with Crippen molar-refractivity contribution >= 4 is 17.3 Å². The van der Waals surface area contributed by atoms with E-state index < -0.39 is 5.97 Å². The lowest BCUT2D eigenvalue weighted by atomic mass is 10.1. The zero-order valence-corrected chi connectivity index (χ0v) is 10.2. The lowest BCUT2D eigenvalue weighted by Crippen LogP contribution is -2.09. The van der Waals surface area contributed by atoms with E-state index in [-0.39, 0.29) is 6.42 Å². The minimum Gasteiger partial charge on any atom is -0.488 e. The first-order chi connectivity index (χ1) is 9.20. The Morgan fingerprint density at radius 2 is 1.89 bits per heavy atom. The van der Waals surface area contributed by atoms with Crippen LogP contribution in [0.5, 0.6) is 5.75 Å². The summed E-state index contributed by atoms with van der Waals surface area (Å²) in [4.78, 5) is 10.6. The number of rotatable bonds is 4. The number of ether oxygens (including phenoxy) is 1. The molecule has 19 heavy (non-hydrogen) atoms. The molecule has 2 aromatic carbocycles. The molecule has 2 aromatic rings. The quantitative estimate of drug-likeness (QED) is 0.881. The van der Waals surface area contributed by atoms with Crippen molar-refractivity contribution < 1.29 is 14.6 Å². The SMILES string of the molecule is O=C(O)Cc1ccc(Nc2ccc3c(c2)OC3)cc1. The van der Waals surface area contributed by atoms with Crippen molar-refractivity contribution in [3.63, 3.8) is 0 Å². The third-order valence-corrected chi connectivity index (χ3v) is 3.05. The number of carboxylic acids is 1. The van der Waals surface area contributed by atoms with E-state index in [0.29, 0.717) is 6.61 Å². The van der Waals surface area contributed by atoms with Crippen molar-refractivity contribution in [1.82, 2.24) is 0 Å². The van der Waals surface area contributed by atoms with Gasteiger partial charge in [-0.3, -0.25) is 4.79 Å². The van der Waals surface area contributed by atoms with Crippen molar-refractivity contribution in [2.24, 2.45) is 0 Å². The fourth-order valence-electron chi connectivity index (χ4n) is 2.01.